The van der Waals surface area contributed by atoms with Crippen LogP contribution in [0.15, 0.2) is 91.1 Å². The third kappa shape index (κ3) is 7.94. The molecule has 2 aliphatic rings. The van der Waals surface area contributed by atoms with Gasteiger partial charge in [-0.05, 0) is 83.3 Å². The van der Waals surface area contributed by atoms with Crippen molar-refractivity contribution in [3.63, 3.8) is 0 Å². The Balaban J connectivity index is 0.985. The summed E-state index contributed by atoms with van der Waals surface area (Å²) in [6.07, 6.45) is 3.69. The van der Waals surface area contributed by atoms with Gasteiger partial charge in [0.1, 0.15) is 23.7 Å². The van der Waals surface area contributed by atoms with Gasteiger partial charge in [-0.1, -0.05) is 74.5 Å². The zero-order valence-electron chi connectivity index (χ0n) is 33.5. The largest absolute Gasteiger partial charge is 0.453 e. The van der Waals surface area contributed by atoms with Crippen molar-refractivity contribution in [3.8, 4) is 22.4 Å². The Morgan fingerprint density at radius 3 is 2.02 bits per heavy atom. The first kappa shape index (κ1) is 39.1. The van der Waals surface area contributed by atoms with E-state index in [9.17, 15) is 19.2 Å². The zero-order chi connectivity index (χ0) is 41.2. The van der Waals surface area contributed by atoms with E-state index in [0.29, 0.717) is 24.5 Å². The molecule has 4 atom stereocenters. The Kier molecular flexibility index (Phi) is 11.0. The number of hydrogen-bond donors (Lipinski definition) is 4. The molecule has 0 saturated carbocycles. The number of likely N-dealkylation sites (tertiary alicyclic amines) is 2. The van der Waals surface area contributed by atoms with Crippen molar-refractivity contribution < 1.29 is 28.7 Å². The molecule has 6 aromatic rings. The average molecular weight is 797 g/mol. The number of benzene rings is 4. The number of alkyl carbamates (subject to hydrolysis) is 2. The molecule has 0 spiro atoms. The van der Waals surface area contributed by atoms with Crippen molar-refractivity contribution in [2.45, 2.75) is 63.7 Å². The second-order valence-corrected chi connectivity index (χ2v) is 15.5. The molecule has 59 heavy (non-hydrogen) atoms. The predicted octanol–water partition coefficient (Wildman–Crippen LogP) is 7.58. The Labute approximate surface area is 341 Å². The van der Waals surface area contributed by atoms with Crippen LogP contribution in [0.4, 0.5) is 9.59 Å². The van der Waals surface area contributed by atoms with Crippen LogP contribution in [0, 0.1) is 5.92 Å². The van der Waals surface area contributed by atoms with Gasteiger partial charge in [0.15, 0.2) is 0 Å². The lowest BCUT2D eigenvalue weighted by molar-refractivity contribution is -0.135. The molecule has 304 valence electrons. The third-order valence-corrected chi connectivity index (χ3v) is 11.5. The van der Waals surface area contributed by atoms with Crippen LogP contribution >= 0.6 is 0 Å². The zero-order valence-corrected chi connectivity index (χ0v) is 33.5. The van der Waals surface area contributed by atoms with Crippen LogP contribution in [0.2, 0.25) is 0 Å². The highest BCUT2D eigenvalue weighted by Crippen LogP contribution is 2.36. The number of aromatic nitrogens is 4. The molecule has 4 N–H and O–H groups in total. The lowest BCUT2D eigenvalue weighted by atomic mass is 9.99. The van der Waals surface area contributed by atoms with Crippen LogP contribution in [-0.4, -0.2) is 87.1 Å². The summed E-state index contributed by atoms with van der Waals surface area (Å²) in [7, 11) is 2.57. The fourth-order valence-electron chi connectivity index (χ4n) is 8.40. The van der Waals surface area contributed by atoms with Crippen molar-refractivity contribution >= 4 is 45.8 Å². The fourth-order valence-corrected chi connectivity index (χ4v) is 8.40. The van der Waals surface area contributed by atoms with Crippen LogP contribution in [-0.2, 0) is 19.1 Å². The Morgan fingerprint density at radius 2 is 1.32 bits per heavy atom. The number of amides is 4. The van der Waals surface area contributed by atoms with E-state index < -0.39 is 24.3 Å². The highest BCUT2D eigenvalue weighted by Gasteiger charge is 2.39. The number of hydrogen-bond acceptors (Lipinski definition) is 8. The molecular formula is C45H48N8O6. The van der Waals surface area contributed by atoms with Gasteiger partial charge in [-0.15, -0.1) is 0 Å². The molecule has 14 nitrogen and oxygen atoms in total. The van der Waals surface area contributed by atoms with E-state index in [-0.39, 0.29) is 29.8 Å². The van der Waals surface area contributed by atoms with Crippen molar-refractivity contribution in [2.75, 3.05) is 27.3 Å². The molecule has 0 radical (unpaired) electrons. The first-order chi connectivity index (χ1) is 28.6. The standard InChI is InChI=1S/C45H48N8O6/c1-26(2)38(50-44(56)58-3)42(54)53-21-9-13-37(53)41-47-33-19-18-31(24-34(33)48-41)29-14-15-30-23-32(17-16-28(30)22-29)35-25-46-40(49-35)36-12-8-20-52(36)43(55)39(51-45(57)59-4)27-10-6-5-7-11-27/h5-7,10-11,14-19,22-26,36-39H,8-9,12-13,20-21H2,1-4H3,(H,46,49)(H,47,48)(H,50,56)(H,51,57)/t36-,37-,38-,39+/m0/s1. The highest BCUT2D eigenvalue weighted by molar-refractivity contribution is 5.92. The Hall–Kier alpha value is -6.70. The fraction of sp³-hybridized carbons (Fsp3) is 0.333. The summed E-state index contributed by atoms with van der Waals surface area (Å²) in [5.74, 6) is 0.965. The predicted molar refractivity (Wildman–Crippen MR) is 223 cm³/mol. The number of H-pyrrole nitrogens is 2. The number of imidazole rings is 2. The first-order valence-electron chi connectivity index (χ1n) is 20.1. The topological polar surface area (TPSA) is 175 Å². The van der Waals surface area contributed by atoms with Gasteiger partial charge in [0.2, 0.25) is 5.91 Å². The van der Waals surface area contributed by atoms with Gasteiger partial charge in [-0.3, -0.25) is 9.59 Å². The number of nitrogens with zero attached hydrogens (tertiary/aromatic N) is 4. The van der Waals surface area contributed by atoms with E-state index in [1.165, 1.54) is 14.2 Å². The van der Waals surface area contributed by atoms with Gasteiger partial charge in [-0.25, -0.2) is 19.6 Å². The van der Waals surface area contributed by atoms with E-state index in [0.717, 1.165) is 75.7 Å². The summed E-state index contributed by atoms with van der Waals surface area (Å²) in [6, 6.07) is 25.9. The average Bonchev–Trinajstić information content (AvgIpc) is 4.10. The number of carbonyl (C=O) groups excluding carboxylic acids is 4. The molecule has 0 unspecified atom stereocenters. The number of methoxy groups -OCH3 is 2. The van der Waals surface area contributed by atoms with Gasteiger partial charge >= 0.3 is 12.2 Å². The summed E-state index contributed by atoms with van der Waals surface area (Å²) < 4.78 is 9.61. The second-order valence-electron chi connectivity index (χ2n) is 15.5. The lowest BCUT2D eigenvalue weighted by Gasteiger charge is -2.29. The van der Waals surface area contributed by atoms with Crippen molar-refractivity contribution in [3.05, 3.63) is 108 Å². The van der Waals surface area contributed by atoms with E-state index in [4.69, 9.17) is 19.4 Å². The number of rotatable bonds is 10. The van der Waals surface area contributed by atoms with Gasteiger partial charge < -0.3 is 39.9 Å². The van der Waals surface area contributed by atoms with Crippen molar-refractivity contribution in [2.24, 2.45) is 5.92 Å². The maximum Gasteiger partial charge on any atom is 0.407 e. The van der Waals surface area contributed by atoms with Gasteiger partial charge in [-0.2, -0.15) is 0 Å². The minimum atomic E-state index is -0.884. The van der Waals surface area contributed by atoms with Crippen molar-refractivity contribution in [1.29, 1.82) is 0 Å². The summed E-state index contributed by atoms with van der Waals surface area (Å²) in [6.45, 7) is 4.95. The molecule has 2 saturated heterocycles. The molecule has 4 heterocycles. The molecular weight excluding hydrogens is 749 g/mol. The smallest absolute Gasteiger partial charge is 0.407 e. The van der Waals surface area contributed by atoms with Crippen LogP contribution in [0.5, 0.6) is 0 Å². The maximum atomic E-state index is 13.9. The first-order valence-corrected chi connectivity index (χ1v) is 20.1. The SMILES string of the molecule is COC(=O)N[C@H](C(=O)N1CCC[C@H]1c1nc2ccc(-c3ccc4cc(-c5cnc([C@@H]6CCCN6C(=O)[C@H](NC(=O)OC)c6ccccc6)[nH]5)ccc4c3)cc2[nH]1)C(C)C. The molecule has 2 fully saturated rings. The van der Waals surface area contributed by atoms with E-state index in [2.05, 4.69) is 69.1 Å². The van der Waals surface area contributed by atoms with Crippen LogP contribution in [0.25, 0.3) is 44.2 Å². The Bertz CT molecular complexity index is 2510. The molecule has 4 amide bonds. The quantitative estimate of drug-likeness (QED) is 0.110. The van der Waals surface area contributed by atoms with E-state index in [1.54, 1.807) is 4.90 Å². The highest BCUT2D eigenvalue weighted by atomic mass is 16.5. The summed E-state index contributed by atoms with van der Waals surface area (Å²) in [5.41, 5.74) is 6.29. The summed E-state index contributed by atoms with van der Waals surface area (Å²) >= 11 is 0. The maximum absolute atomic E-state index is 13.9. The molecule has 14 heteroatoms. The summed E-state index contributed by atoms with van der Waals surface area (Å²) in [5, 5.41) is 7.57. The Morgan fingerprint density at radius 1 is 0.712 bits per heavy atom. The van der Waals surface area contributed by atoms with Gasteiger partial charge in [0.25, 0.3) is 5.91 Å². The molecule has 8 rings (SSSR count). The van der Waals surface area contributed by atoms with Crippen molar-refractivity contribution in [1.82, 2.24) is 40.4 Å². The van der Waals surface area contributed by atoms with Crippen LogP contribution in [0.3, 0.4) is 0 Å². The number of ether oxygens (including phenoxy) is 2. The number of aromatic amines is 2. The summed E-state index contributed by atoms with van der Waals surface area (Å²) in [4.78, 5) is 72.1. The van der Waals surface area contributed by atoms with Crippen LogP contribution in [0.1, 0.15) is 74.9 Å². The van der Waals surface area contributed by atoms with Gasteiger partial charge in [0.05, 0.1) is 49.2 Å². The van der Waals surface area contributed by atoms with E-state index >= 15 is 0 Å². The number of carbonyl (C=O) groups is 4. The number of fused-ring (bicyclic) bond motifs is 2. The number of nitrogens with one attached hydrogen (secondary N) is 4. The second kappa shape index (κ2) is 16.6. The molecule has 0 aliphatic carbocycles. The normalized spacial score (nSPS) is 17.6. The van der Waals surface area contributed by atoms with E-state index in [1.807, 2.05) is 61.3 Å². The lowest BCUT2D eigenvalue weighted by Crippen LogP contribution is -2.51. The van der Waals surface area contributed by atoms with Crippen LogP contribution < -0.4 is 10.6 Å². The molecule has 4 aromatic carbocycles. The molecule has 2 aromatic heterocycles. The minimum absolute atomic E-state index is 0.112. The van der Waals surface area contributed by atoms with Gasteiger partial charge in [0, 0.05) is 18.7 Å². The minimum Gasteiger partial charge on any atom is -0.453 e. The molecule has 2 aliphatic heterocycles. The monoisotopic (exact) mass is 796 g/mol. The third-order valence-electron chi connectivity index (χ3n) is 11.5. The molecule has 0 bridgehead atoms.